The number of amides is 1. The summed E-state index contributed by atoms with van der Waals surface area (Å²) in [4.78, 5) is 25.5. The van der Waals surface area contributed by atoms with Gasteiger partial charge in [-0.2, -0.15) is 0 Å². The number of nitrogens with one attached hydrogen (secondary N) is 1. The fraction of sp³-hybridized carbons (Fsp3) is 0.429. The minimum absolute atomic E-state index is 0.0846. The van der Waals surface area contributed by atoms with E-state index in [9.17, 15) is 4.79 Å². The summed E-state index contributed by atoms with van der Waals surface area (Å²) in [5.41, 5.74) is 0.677. The lowest BCUT2D eigenvalue weighted by molar-refractivity contribution is -0.119. The first kappa shape index (κ1) is 17.6. The molecule has 0 fully saturated rings. The number of hydrogen-bond donors (Lipinski definition) is 1. The zero-order valence-electron chi connectivity index (χ0n) is 13.0. The van der Waals surface area contributed by atoms with Crippen LogP contribution in [0.2, 0.25) is 0 Å². The number of methoxy groups -OCH3 is 1. The third-order valence-electron chi connectivity index (χ3n) is 2.77. The van der Waals surface area contributed by atoms with Crippen LogP contribution in [0.4, 0.5) is 5.82 Å². The van der Waals surface area contributed by atoms with Gasteiger partial charge in [0.25, 0.3) is 0 Å². The number of hydrogen-bond acceptors (Lipinski definition) is 7. The van der Waals surface area contributed by atoms with Crippen LogP contribution in [-0.4, -0.2) is 60.8 Å². The molecule has 0 bridgehead atoms. The van der Waals surface area contributed by atoms with Crippen molar-refractivity contribution < 1.29 is 14.4 Å². The molecule has 0 unspecified atom stereocenters. The number of rotatable bonds is 10. The number of ether oxygens (including phenoxy) is 1. The van der Waals surface area contributed by atoms with Gasteiger partial charge in [0.1, 0.15) is 18.4 Å². The van der Waals surface area contributed by atoms with Crippen LogP contribution in [0, 0.1) is 0 Å². The number of likely N-dealkylation sites (N-methyl/N-ethyl adjacent to an activating group) is 1. The molecule has 0 radical (unpaired) electrons. The van der Waals surface area contributed by atoms with Gasteiger partial charge in [0.15, 0.2) is 0 Å². The average molecular weight is 307 g/mol. The topological polar surface area (TPSA) is 88.9 Å². The molecule has 8 heteroatoms. The van der Waals surface area contributed by atoms with E-state index in [0.717, 1.165) is 6.41 Å². The number of nitrogens with zero attached hydrogens (tertiary/aromatic N) is 4. The minimum Gasteiger partial charge on any atom is -0.382 e. The summed E-state index contributed by atoms with van der Waals surface area (Å²) in [5, 5.41) is 6.75. The van der Waals surface area contributed by atoms with Crippen molar-refractivity contribution in [2.24, 2.45) is 5.16 Å². The van der Waals surface area contributed by atoms with Crippen molar-refractivity contribution in [2.75, 3.05) is 32.6 Å². The van der Waals surface area contributed by atoms with Gasteiger partial charge in [-0.05, 0) is 6.92 Å². The second-order valence-electron chi connectivity index (χ2n) is 4.36. The summed E-state index contributed by atoms with van der Waals surface area (Å²) in [5.74, 6) is 0.647. The molecule has 1 heterocycles. The Balaban J connectivity index is 2.61. The summed E-state index contributed by atoms with van der Waals surface area (Å²) in [6.45, 7) is 2.70. The molecule has 120 valence electrons. The zero-order valence-corrected chi connectivity index (χ0v) is 13.0. The molecular formula is C14H21N5O3. The standard InChI is InChI=1S/C14H21N5O3/c1-4-18-22-6-5-12-7-14(17-10-16-12)15-8-13(9-21-3)19(2)11-20/h4-7,10-11,13H,8-9H2,1-3H3,(H,15,16,17)/b6-5+,18-4+/t13-/m1/s1. The zero-order chi connectivity index (χ0) is 16.2. The second kappa shape index (κ2) is 10.3. The molecule has 8 nitrogen and oxygen atoms in total. The Kier molecular flexibility index (Phi) is 8.21. The average Bonchev–Trinajstić information content (AvgIpc) is 2.55. The van der Waals surface area contributed by atoms with Crippen LogP contribution < -0.4 is 5.32 Å². The molecule has 22 heavy (non-hydrogen) atoms. The highest BCUT2D eigenvalue weighted by Gasteiger charge is 2.13. The molecule has 1 N–H and O–H groups in total. The summed E-state index contributed by atoms with van der Waals surface area (Å²) in [6, 6.07) is 1.68. The predicted octanol–water partition coefficient (Wildman–Crippen LogP) is 0.985. The first-order chi connectivity index (χ1) is 10.7. The molecular weight excluding hydrogens is 286 g/mol. The smallest absolute Gasteiger partial charge is 0.209 e. The number of oxime groups is 1. The van der Waals surface area contributed by atoms with Crippen molar-refractivity contribution in [2.45, 2.75) is 13.0 Å². The lowest BCUT2D eigenvalue weighted by Gasteiger charge is -2.24. The molecule has 1 rings (SSSR count). The van der Waals surface area contributed by atoms with Crippen LogP contribution in [0.5, 0.6) is 0 Å². The summed E-state index contributed by atoms with van der Waals surface area (Å²) in [7, 11) is 3.30. The highest BCUT2D eigenvalue weighted by Crippen LogP contribution is 2.07. The maximum atomic E-state index is 10.8. The number of carbonyl (C=O) groups is 1. The lowest BCUT2D eigenvalue weighted by Crippen LogP contribution is -2.39. The largest absolute Gasteiger partial charge is 0.382 e. The number of aromatic nitrogens is 2. The molecule has 1 aromatic rings. The van der Waals surface area contributed by atoms with Gasteiger partial charge in [-0.25, -0.2) is 9.97 Å². The van der Waals surface area contributed by atoms with Gasteiger partial charge in [-0.1, -0.05) is 5.16 Å². The molecule has 1 amide bonds. The van der Waals surface area contributed by atoms with Crippen LogP contribution in [0.25, 0.3) is 6.08 Å². The Hall–Kier alpha value is -2.48. The highest BCUT2D eigenvalue weighted by atomic mass is 16.6. The van der Waals surface area contributed by atoms with E-state index in [2.05, 4.69) is 20.4 Å². The second-order valence-corrected chi connectivity index (χ2v) is 4.36. The van der Waals surface area contributed by atoms with Gasteiger partial charge in [0, 0.05) is 39.1 Å². The molecule has 0 spiro atoms. The first-order valence-corrected chi connectivity index (χ1v) is 6.73. The molecule has 0 saturated heterocycles. The highest BCUT2D eigenvalue weighted by molar-refractivity contribution is 5.52. The first-order valence-electron chi connectivity index (χ1n) is 6.73. The van der Waals surface area contributed by atoms with Crippen molar-refractivity contribution in [3.8, 4) is 0 Å². The lowest BCUT2D eigenvalue weighted by atomic mass is 10.3. The summed E-state index contributed by atoms with van der Waals surface area (Å²) in [6.07, 6.45) is 6.85. The fourth-order valence-corrected chi connectivity index (χ4v) is 1.58. The van der Waals surface area contributed by atoms with Crippen LogP contribution in [-0.2, 0) is 14.4 Å². The molecule has 0 aliphatic heterocycles. The van der Waals surface area contributed by atoms with Gasteiger partial charge in [-0.15, -0.1) is 0 Å². The van der Waals surface area contributed by atoms with E-state index in [1.807, 2.05) is 0 Å². The van der Waals surface area contributed by atoms with Gasteiger partial charge < -0.3 is 19.8 Å². The number of anilines is 1. The van der Waals surface area contributed by atoms with Crippen LogP contribution >= 0.6 is 0 Å². The normalized spacial score (nSPS) is 12.5. The SMILES string of the molecule is C/C=N/O/C=C/c1cc(NC[C@H](COC)N(C)C=O)ncn1. The van der Waals surface area contributed by atoms with Crippen LogP contribution in [0.1, 0.15) is 12.6 Å². The van der Waals surface area contributed by atoms with E-state index in [-0.39, 0.29) is 6.04 Å². The van der Waals surface area contributed by atoms with E-state index in [1.54, 1.807) is 38.1 Å². The monoisotopic (exact) mass is 307 g/mol. The van der Waals surface area contributed by atoms with Crippen molar-refractivity contribution in [3.63, 3.8) is 0 Å². The number of carbonyl (C=O) groups excluding carboxylic acids is 1. The van der Waals surface area contributed by atoms with Gasteiger partial charge in [0.05, 0.1) is 18.3 Å². The minimum atomic E-state index is -0.0846. The molecule has 0 aromatic carbocycles. The van der Waals surface area contributed by atoms with Crippen molar-refractivity contribution >= 4 is 24.5 Å². The third kappa shape index (κ3) is 6.31. The van der Waals surface area contributed by atoms with Crippen molar-refractivity contribution in [3.05, 3.63) is 24.3 Å². The van der Waals surface area contributed by atoms with E-state index in [4.69, 9.17) is 9.57 Å². The molecule has 0 aliphatic rings. The van der Waals surface area contributed by atoms with Crippen molar-refractivity contribution in [1.82, 2.24) is 14.9 Å². The Bertz CT molecular complexity index is 507. The van der Waals surface area contributed by atoms with Crippen molar-refractivity contribution in [1.29, 1.82) is 0 Å². The molecule has 1 aromatic heterocycles. The maximum Gasteiger partial charge on any atom is 0.209 e. The van der Waals surface area contributed by atoms with E-state index in [1.165, 1.54) is 18.8 Å². The van der Waals surface area contributed by atoms with E-state index >= 15 is 0 Å². The summed E-state index contributed by atoms with van der Waals surface area (Å²) >= 11 is 0. The van der Waals surface area contributed by atoms with Gasteiger partial charge in [0.2, 0.25) is 6.41 Å². The van der Waals surface area contributed by atoms with E-state index in [0.29, 0.717) is 24.7 Å². The third-order valence-corrected chi connectivity index (χ3v) is 2.77. The Morgan fingerprint density at radius 2 is 2.32 bits per heavy atom. The quantitative estimate of drug-likeness (QED) is 0.300. The predicted molar refractivity (Wildman–Crippen MR) is 84.3 cm³/mol. The fourth-order valence-electron chi connectivity index (χ4n) is 1.58. The van der Waals surface area contributed by atoms with Gasteiger partial charge >= 0.3 is 0 Å². The van der Waals surface area contributed by atoms with E-state index < -0.39 is 0 Å². The molecule has 0 saturated carbocycles. The van der Waals surface area contributed by atoms with Crippen LogP contribution in [0.15, 0.2) is 23.8 Å². The Morgan fingerprint density at radius 3 is 3.00 bits per heavy atom. The van der Waals surface area contributed by atoms with Gasteiger partial charge in [-0.3, -0.25) is 4.79 Å². The maximum absolute atomic E-state index is 10.8. The molecule has 1 atom stereocenters. The molecule has 0 aliphatic carbocycles. The Morgan fingerprint density at radius 1 is 1.50 bits per heavy atom. The van der Waals surface area contributed by atoms with Crippen LogP contribution in [0.3, 0.4) is 0 Å². The summed E-state index contributed by atoms with van der Waals surface area (Å²) < 4.78 is 5.10. The Labute approximate surface area is 129 Å².